The molecular formula is C8H12O. The number of hydrogen-bond acceptors (Lipinski definition) is 1. The highest BCUT2D eigenvalue weighted by molar-refractivity contribution is 5.54. The molecule has 0 saturated heterocycles. The smallest absolute Gasteiger partial charge is 0.123 e. The van der Waals surface area contributed by atoms with Gasteiger partial charge in [0.2, 0.25) is 0 Å². The van der Waals surface area contributed by atoms with Gasteiger partial charge < -0.3 is 4.79 Å². The minimum atomic E-state index is 0.314. The minimum absolute atomic E-state index is 0.314. The summed E-state index contributed by atoms with van der Waals surface area (Å²) in [5, 5.41) is 0. The average molecular weight is 124 g/mol. The highest BCUT2D eigenvalue weighted by atomic mass is 16.1. The molecule has 0 aromatic carbocycles. The summed E-state index contributed by atoms with van der Waals surface area (Å²) in [5.41, 5.74) is 1.44. The SMILES string of the molecule is CC1=CC[C@@H](C=O)CC1. The van der Waals surface area contributed by atoms with Gasteiger partial charge >= 0.3 is 0 Å². The fraction of sp³-hybridized carbons (Fsp3) is 0.625. The maximum atomic E-state index is 10.2. The molecule has 0 aromatic rings. The monoisotopic (exact) mass is 124 g/mol. The Morgan fingerprint density at radius 1 is 1.78 bits per heavy atom. The van der Waals surface area contributed by atoms with E-state index >= 15 is 0 Å². The third-order valence-electron chi connectivity index (χ3n) is 1.87. The van der Waals surface area contributed by atoms with Crippen molar-refractivity contribution in [3.63, 3.8) is 0 Å². The molecule has 0 unspecified atom stereocenters. The van der Waals surface area contributed by atoms with Crippen molar-refractivity contribution < 1.29 is 4.79 Å². The van der Waals surface area contributed by atoms with Crippen LogP contribution >= 0.6 is 0 Å². The number of aldehydes is 1. The third kappa shape index (κ3) is 1.67. The van der Waals surface area contributed by atoms with Crippen LogP contribution < -0.4 is 0 Å². The molecule has 0 fully saturated rings. The molecule has 0 aromatic heterocycles. The van der Waals surface area contributed by atoms with Gasteiger partial charge in [0.25, 0.3) is 0 Å². The van der Waals surface area contributed by atoms with E-state index < -0.39 is 0 Å². The van der Waals surface area contributed by atoms with Gasteiger partial charge in [0.15, 0.2) is 0 Å². The third-order valence-corrected chi connectivity index (χ3v) is 1.87. The summed E-state index contributed by atoms with van der Waals surface area (Å²) in [7, 11) is 0. The number of hydrogen-bond donors (Lipinski definition) is 0. The summed E-state index contributed by atoms with van der Waals surface area (Å²) in [6.45, 7) is 2.13. The van der Waals surface area contributed by atoms with Crippen molar-refractivity contribution in [1.29, 1.82) is 0 Å². The Balaban J connectivity index is 2.45. The van der Waals surface area contributed by atoms with E-state index in [0.29, 0.717) is 5.92 Å². The molecule has 0 spiro atoms. The Morgan fingerprint density at radius 2 is 2.56 bits per heavy atom. The van der Waals surface area contributed by atoms with Gasteiger partial charge in [-0.3, -0.25) is 0 Å². The predicted octanol–water partition coefficient (Wildman–Crippen LogP) is 1.93. The molecule has 0 radical (unpaired) electrons. The van der Waals surface area contributed by atoms with Gasteiger partial charge in [-0.05, 0) is 26.2 Å². The Bertz CT molecular complexity index is 136. The first-order valence-electron chi connectivity index (χ1n) is 3.44. The zero-order valence-corrected chi connectivity index (χ0v) is 5.76. The zero-order valence-electron chi connectivity index (χ0n) is 5.76. The Labute approximate surface area is 55.8 Å². The lowest BCUT2D eigenvalue weighted by molar-refractivity contribution is -0.111. The first kappa shape index (κ1) is 6.53. The first-order chi connectivity index (χ1) is 4.33. The van der Waals surface area contributed by atoms with Crippen LogP contribution in [0.15, 0.2) is 11.6 Å². The fourth-order valence-corrected chi connectivity index (χ4v) is 1.11. The molecule has 0 saturated carbocycles. The van der Waals surface area contributed by atoms with E-state index in [0.717, 1.165) is 25.5 Å². The molecule has 1 rings (SSSR count). The van der Waals surface area contributed by atoms with Crippen LogP contribution in [0, 0.1) is 5.92 Å². The molecule has 50 valence electrons. The summed E-state index contributed by atoms with van der Waals surface area (Å²) >= 11 is 0. The van der Waals surface area contributed by atoms with E-state index in [2.05, 4.69) is 13.0 Å². The Morgan fingerprint density at radius 3 is 3.00 bits per heavy atom. The van der Waals surface area contributed by atoms with Crippen molar-refractivity contribution in [3.05, 3.63) is 11.6 Å². The van der Waals surface area contributed by atoms with Crippen molar-refractivity contribution in [2.24, 2.45) is 5.92 Å². The number of carbonyl (C=O) groups excluding carboxylic acids is 1. The molecule has 0 amide bonds. The van der Waals surface area contributed by atoms with Crippen molar-refractivity contribution in [2.45, 2.75) is 26.2 Å². The summed E-state index contributed by atoms with van der Waals surface area (Å²) in [4.78, 5) is 10.2. The molecule has 1 atom stereocenters. The maximum Gasteiger partial charge on any atom is 0.123 e. The topological polar surface area (TPSA) is 17.1 Å². The van der Waals surface area contributed by atoms with Crippen LogP contribution in [0.1, 0.15) is 26.2 Å². The highest BCUT2D eigenvalue weighted by Gasteiger charge is 2.09. The molecule has 0 aliphatic heterocycles. The maximum absolute atomic E-state index is 10.2. The van der Waals surface area contributed by atoms with Crippen LogP contribution in [0.25, 0.3) is 0 Å². The normalized spacial score (nSPS) is 27.2. The predicted molar refractivity (Wildman–Crippen MR) is 37.2 cm³/mol. The van der Waals surface area contributed by atoms with E-state index in [4.69, 9.17) is 0 Å². The quantitative estimate of drug-likeness (QED) is 0.385. The number of allylic oxidation sites excluding steroid dienone is 2. The van der Waals surface area contributed by atoms with Gasteiger partial charge in [0, 0.05) is 5.92 Å². The summed E-state index contributed by atoms with van der Waals surface area (Å²) in [6.07, 6.45) is 6.38. The molecule has 0 heterocycles. The van der Waals surface area contributed by atoms with Crippen LogP contribution in [0.5, 0.6) is 0 Å². The standard InChI is InChI=1S/C8H12O/c1-7-2-4-8(6-9)5-3-7/h2,6,8H,3-5H2,1H3/t8-/m1/s1. The molecule has 1 aliphatic carbocycles. The zero-order chi connectivity index (χ0) is 6.69. The second-order valence-electron chi connectivity index (χ2n) is 2.72. The molecule has 0 N–H and O–H groups in total. The van der Waals surface area contributed by atoms with Crippen molar-refractivity contribution in [3.8, 4) is 0 Å². The van der Waals surface area contributed by atoms with E-state index in [9.17, 15) is 4.79 Å². The fourth-order valence-electron chi connectivity index (χ4n) is 1.11. The van der Waals surface area contributed by atoms with Crippen molar-refractivity contribution >= 4 is 6.29 Å². The number of rotatable bonds is 1. The number of carbonyl (C=O) groups is 1. The van der Waals surface area contributed by atoms with Gasteiger partial charge in [-0.1, -0.05) is 11.6 Å². The second kappa shape index (κ2) is 2.81. The highest BCUT2D eigenvalue weighted by Crippen LogP contribution is 2.20. The van der Waals surface area contributed by atoms with Crippen molar-refractivity contribution in [2.75, 3.05) is 0 Å². The van der Waals surface area contributed by atoms with Gasteiger partial charge in [0.1, 0.15) is 6.29 Å². The molecule has 1 aliphatic rings. The van der Waals surface area contributed by atoms with Crippen LogP contribution in [-0.2, 0) is 4.79 Å². The van der Waals surface area contributed by atoms with Gasteiger partial charge in [0.05, 0.1) is 0 Å². The first-order valence-corrected chi connectivity index (χ1v) is 3.44. The molecule has 1 nitrogen and oxygen atoms in total. The van der Waals surface area contributed by atoms with Gasteiger partial charge in [-0.2, -0.15) is 0 Å². The van der Waals surface area contributed by atoms with Crippen LogP contribution in [0.4, 0.5) is 0 Å². The molecule has 1 heteroatoms. The summed E-state index contributed by atoms with van der Waals surface area (Å²) in [6, 6.07) is 0. The Kier molecular flexibility index (Phi) is 2.04. The molecule has 9 heavy (non-hydrogen) atoms. The average Bonchev–Trinajstić information content (AvgIpc) is 1.90. The largest absolute Gasteiger partial charge is 0.303 e. The van der Waals surface area contributed by atoms with Crippen LogP contribution in [-0.4, -0.2) is 6.29 Å². The summed E-state index contributed by atoms with van der Waals surface area (Å²) < 4.78 is 0. The van der Waals surface area contributed by atoms with E-state index in [1.807, 2.05) is 0 Å². The lowest BCUT2D eigenvalue weighted by Gasteiger charge is -2.13. The van der Waals surface area contributed by atoms with E-state index in [-0.39, 0.29) is 0 Å². The lowest BCUT2D eigenvalue weighted by Crippen LogP contribution is -2.04. The van der Waals surface area contributed by atoms with E-state index in [1.165, 1.54) is 5.57 Å². The summed E-state index contributed by atoms with van der Waals surface area (Å²) in [5.74, 6) is 0.314. The van der Waals surface area contributed by atoms with Crippen LogP contribution in [0.2, 0.25) is 0 Å². The molecular weight excluding hydrogens is 112 g/mol. The second-order valence-corrected chi connectivity index (χ2v) is 2.72. The van der Waals surface area contributed by atoms with Gasteiger partial charge in [-0.25, -0.2) is 0 Å². The molecule has 0 bridgehead atoms. The minimum Gasteiger partial charge on any atom is -0.303 e. The Hall–Kier alpha value is -0.590. The van der Waals surface area contributed by atoms with Crippen LogP contribution in [0.3, 0.4) is 0 Å². The lowest BCUT2D eigenvalue weighted by atomic mass is 9.92. The van der Waals surface area contributed by atoms with Crippen molar-refractivity contribution in [1.82, 2.24) is 0 Å². The van der Waals surface area contributed by atoms with Gasteiger partial charge in [-0.15, -0.1) is 0 Å². The van der Waals surface area contributed by atoms with E-state index in [1.54, 1.807) is 0 Å².